The van der Waals surface area contributed by atoms with E-state index in [0.717, 1.165) is 17.2 Å². The van der Waals surface area contributed by atoms with Crippen LogP contribution >= 0.6 is 0 Å². The lowest BCUT2D eigenvalue weighted by molar-refractivity contribution is 0.174. The Morgan fingerprint density at radius 2 is 2.00 bits per heavy atom. The van der Waals surface area contributed by atoms with Crippen LogP contribution in [0.15, 0.2) is 48.7 Å². The Balaban J connectivity index is 1.77. The van der Waals surface area contributed by atoms with Gasteiger partial charge in [-0.2, -0.15) is 5.26 Å². The average molecular weight is 290 g/mol. The lowest BCUT2D eigenvalue weighted by Crippen LogP contribution is -2.26. The van der Waals surface area contributed by atoms with Crippen molar-refractivity contribution in [3.8, 4) is 17.6 Å². The Labute approximate surface area is 128 Å². The van der Waals surface area contributed by atoms with Crippen molar-refractivity contribution in [1.82, 2.24) is 0 Å². The molecule has 2 heterocycles. The summed E-state index contributed by atoms with van der Waals surface area (Å²) in [5, 5.41) is 9.22. The van der Waals surface area contributed by atoms with Crippen molar-refractivity contribution >= 4 is 11.8 Å². The molecule has 2 aromatic rings. The van der Waals surface area contributed by atoms with Crippen LogP contribution in [-0.4, -0.2) is 6.79 Å². The predicted octanol–water partition coefficient (Wildman–Crippen LogP) is 3.86. The second-order valence-electron chi connectivity index (χ2n) is 5.27. The van der Waals surface area contributed by atoms with Crippen molar-refractivity contribution < 1.29 is 9.47 Å². The van der Waals surface area contributed by atoms with E-state index in [1.54, 1.807) is 0 Å². The van der Waals surface area contributed by atoms with E-state index in [9.17, 15) is 5.26 Å². The predicted molar refractivity (Wildman–Crippen MR) is 83.5 cm³/mol. The van der Waals surface area contributed by atoms with E-state index in [-0.39, 0.29) is 12.8 Å². The molecule has 108 valence electrons. The molecule has 2 aliphatic heterocycles. The maximum Gasteiger partial charge on any atom is 0.231 e. The van der Waals surface area contributed by atoms with Crippen molar-refractivity contribution in [3.63, 3.8) is 0 Å². The summed E-state index contributed by atoms with van der Waals surface area (Å²) in [7, 11) is 0. The molecule has 0 aromatic heterocycles. The largest absolute Gasteiger partial charge is 0.454 e. The van der Waals surface area contributed by atoms with Gasteiger partial charge in [-0.1, -0.05) is 24.3 Å². The standard InChI is InChI=1S/C18H14N2O2/c19-9-7-16-15-4-2-1-3-13(15)8-10-20(16)14-5-6-17-18(11-14)22-12-21-17/h1-6,8,10-11,16H,7,12H2. The molecule has 22 heavy (non-hydrogen) atoms. The highest BCUT2D eigenvalue weighted by atomic mass is 16.7. The minimum absolute atomic E-state index is 0.00608. The Kier molecular flexibility index (Phi) is 2.97. The summed E-state index contributed by atoms with van der Waals surface area (Å²) in [5.41, 5.74) is 3.33. The topological polar surface area (TPSA) is 45.5 Å². The van der Waals surface area contributed by atoms with Crippen LogP contribution in [0.2, 0.25) is 0 Å². The maximum absolute atomic E-state index is 9.22. The third kappa shape index (κ3) is 1.99. The average Bonchev–Trinajstić information content (AvgIpc) is 3.03. The van der Waals surface area contributed by atoms with Crippen LogP contribution < -0.4 is 14.4 Å². The molecule has 4 rings (SSSR count). The SMILES string of the molecule is N#CCC1c2ccccc2C=CN1c1ccc2c(c1)OCO2. The summed E-state index contributed by atoms with van der Waals surface area (Å²) in [6.45, 7) is 0.263. The van der Waals surface area contributed by atoms with Crippen LogP contribution in [0.5, 0.6) is 11.5 Å². The summed E-state index contributed by atoms with van der Waals surface area (Å²) in [6.07, 6.45) is 4.53. The molecule has 0 saturated heterocycles. The Morgan fingerprint density at radius 1 is 1.14 bits per heavy atom. The van der Waals surface area contributed by atoms with E-state index >= 15 is 0 Å². The number of benzene rings is 2. The Hall–Kier alpha value is -2.93. The summed E-state index contributed by atoms with van der Waals surface area (Å²) in [6, 6.07) is 16.4. The second-order valence-corrected chi connectivity index (χ2v) is 5.27. The first kappa shape index (κ1) is 12.8. The number of fused-ring (bicyclic) bond motifs is 2. The third-order valence-electron chi connectivity index (χ3n) is 4.04. The normalized spacial score (nSPS) is 18.0. The molecule has 0 N–H and O–H groups in total. The van der Waals surface area contributed by atoms with Gasteiger partial charge in [0.2, 0.25) is 6.79 Å². The van der Waals surface area contributed by atoms with Gasteiger partial charge in [-0.05, 0) is 29.3 Å². The zero-order valence-corrected chi connectivity index (χ0v) is 11.9. The Bertz CT molecular complexity index is 792. The van der Waals surface area contributed by atoms with Crippen molar-refractivity contribution in [2.45, 2.75) is 12.5 Å². The van der Waals surface area contributed by atoms with Gasteiger partial charge in [0, 0.05) is 18.0 Å². The molecule has 0 radical (unpaired) electrons. The fourth-order valence-corrected chi connectivity index (χ4v) is 2.99. The van der Waals surface area contributed by atoms with E-state index < -0.39 is 0 Å². The van der Waals surface area contributed by atoms with Gasteiger partial charge in [0.25, 0.3) is 0 Å². The van der Waals surface area contributed by atoms with Gasteiger partial charge in [0.15, 0.2) is 11.5 Å². The molecule has 1 unspecified atom stereocenters. The summed E-state index contributed by atoms with van der Waals surface area (Å²) >= 11 is 0. The van der Waals surface area contributed by atoms with Crippen LogP contribution in [0.3, 0.4) is 0 Å². The molecule has 0 aliphatic carbocycles. The Morgan fingerprint density at radius 3 is 2.91 bits per heavy atom. The first-order valence-electron chi connectivity index (χ1n) is 7.19. The van der Waals surface area contributed by atoms with Gasteiger partial charge < -0.3 is 14.4 Å². The number of rotatable bonds is 2. The van der Waals surface area contributed by atoms with Crippen LogP contribution in [0.4, 0.5) is 5.69 Å². The van der Waals surface area contributed by atoms with Gasteiger partial charge >= 0.3 is 0 Å². The molecular weight excluding hydrogens is 276 g/mol. The van der Waals surface area contributed by atoms with E-state index in [1.165, 1.54) is 11.1 Å². The molecule has 2 aliphatic rings. The third-order valence-corrected chi connectivity index (χ3v) is 4.04. The molecule has 0 saturated carbocycles. The van der Waals surface area contributed by atoms with Crippen LogP contribution in [-0.2, 0) is 0 Å². The van der Waals surface area contributed by atoms with Crippen LogP contribution in [0.25, 0.3) is 6.08 Å². The number of ether oxygens (including phenoxy) is 2. The van der Waals surface area contributed by atoms with Crippen LogP contribution in [0, 0.1) is 11.3 Å². The summed E-state index contributed by atoms with van der Waals surface area (Å²) in [5.74, 6) is 1.52. The van der Waals surface area contributed by atoms with Gasteiger partial charge in [-0.25, -0.2) is 0 Å². The number of nitriles is 1. The highest BCUT2D eigenvalue weighted by Gasteiger charge is 2.25. The van der Waals surface area contributed by atoms with Gasteiger partial charge in [-0.15, -0.1) is 0 Å². The monoisotopic (exact) mass is 290 g/mol. The van der Waals surface area contributed by atoms with E-state index in [1.807, 2.05) is 36.5 Å². The highest BCUT2D eigenvalue weighted by molar-refractivity contribution is 5.68. The summed E-state index contributed by atoms with van der Waals surface area (Å²) in [4.78, 5) is 2.12. The molecule has 4 heteroatoms. The van der Waals surface area contributed by atoms with E-state index in [4.69, 9.17) is 9.47 Å². The molecule has 2 aromatic carbocycles. The molecular formula is C18H14N2O2. The van der Waals surface area contributed by atoms with Crippen molar-refractivity contribution in [2.24, 2.45) is 0 Å². The van der Waals surface area contributed by atoms with Crippen molar-refractivity contribution in [3.05, 3.63) is 59.8 Å². The van der Waals surface area contributed by atoms with Crippen molar-refractivity contribution in [2.75, 3.05) is 11.7 Å². The minimum Gasteiger partial charge on any atom is -0.454 e. The first-order valence-corrected chi connectivity index (χ1v) is 7.19. The molecule has 4 nitrogen and oxygen atoms in total. The van der Waals surface area contributed by atoms with E-state index in [2.05, 4.69) is 29.2 Å². The van der Waals surface area contributed by atoms with Crippen molar-refractivity contribution in [1.29, 1.82) is 5.26 Å². The zero-order valence-electron chi connectivity index (χ0n) is 11.9. The lowest BCUT2D eigenvalue weighted by Gasteiger charge is -2.33. The second kappa shape index (κ2) is 5.12. The number of hydrogen-bond acceptors (Lipinski definition) is 4. The van der Waals surface area contributed by atoms with Gasteiger partial charge in [0.05, 0.1) is 18.5 Å². The maximum atomic E-state index is 9.22. The molecule has 0 bridgehead atoms. The van der Waals surface area contributed by atoms with Crippen LogP contribution in [0.1, 0.15) is 23.6 Å². The lowest BCUT2D eigenvalue weighted by atomic mass is 9.94. The van der Waals surface area contributed by atoms with Gasteiger partial charge in [0.1, 0.15) is 0 Å². The highest BCUT2D eigenvalue weighted by Crippen LogP contribution is 2.40. The molecule has 0 fully saturated rings. The first-order chi connectivity index (χ1) is 10.9. The quantitative estimate of drug-likeness (QED) is 0.842. The zero-order chi connectivity index (χ0) is 14.9. The van der Waals surface area contributed by atoms with E-state index in [0.29, 0.717) is 6.42 Å². The number of hydrogen-bond donors (Lipinski definition) is 0. The van der Waals surface area contributed by atoms with Gasteiger partial charge in [-0.3, -0.25) is 0 Å². The summed E-state index contributed by atoms with van der Waals surface area (Å²) < 4.78 is 10.8. The fraction of sp³-hybridized carbons (Fsp3) is 0.167. The molecule has 0 amide bonds. The molecule has 0 spiro atoms. The fourth-order valence-electron chi connectivity index (χ4n) is 2.99. The minimum atomic E-state index is 0.00608. The molecule has 1 atom stereocenters. The number of anilines is 1. The smallest absolute Gasteiger partial charge is 0.231 e. The number of nitrogens with zero attached hydrogens (tertiary/aromatic N) is 2.